The summed E-state index contributed by atoms with van der Waals surface area (Å²) in [7, 11) is 0. The van der Waals surface area contributed by atoms with Gasteiger partial charge in [0.15, 0.2) is 5.76 Å². The van der Waals surface area contributed by atoms with E-state index in [0.717, 1.165) is 37.0 Å². The molecule has 9 heteroatoms. The van der Waals surface area contributed by atoms with E-state index in [1.54, 1.807) is 11.0 Å². The second-order valence-electron chi connectivity index (χ2n) is 8.52. The van der Waals surface area contributed by atoms with E-state index in [2.05, 4.69) is 20.7 Å². The van der Waals surface area contributed by atoms with Crippen molar-refractivity contribution >= 4 is 17.5 Å². The zero-order chi connectivity index (χ0) is 23.4. The topological polar surface area (TPSA) is 106 Å². The van der Waals surface area contributed by atoms with E-state index in [1.807, 2.05) is 51.1 Å². The molecule has 1 N–H and O–H groups in total. The number of rotatable bonds is 8. The molecule has 0 radical (unpaired) electrons. The van der Waals surface area contributed by atoms with Crippen molar-refractivity contribution in [3.05, 3.63) is 47.7 Å². The van der Waals surface area contributed by atoms with Gasteiger partial charge in [-0.2, -0.15) is 4.80 Å². The van der Waals surface area contributed by atoms with Crippen LogP contribution in [0, 0.1) is 13.8 Å². The minimum atomic E-state index is -0.630. The van der Waals surface area contributed by atoms with Crippen molar-refractivity contribution in [1.29, 1.82) is 0 Å². The van der Waals surface area contributed by atoms with Gasteiger partial charge in [0.2, 0.25) is 11.7 Å². The van der Waals surface area contributed by atoms with Gasteiger partial charge in [-0.3, -0.25) is 14.5 Å². The largest absolute Gasteiger partial charge is 0.458 e. The average Bonchev–Trinajstić information content (AvgIpc) is 3.55. The highest BCUT2D eigenvalue weighted by Gasteiger charge is 2.32. The van der Waals surface area contributed by atoms with Gasteiger partial charge in [0.25, 0.3) is 5.91 Å². The van der Waals surface area contributed by atoms with Gasteiger partial charge in [0, 0.05) is 11.7 Å². The number of benzene rings is 1. The predicted octanol–water partition coefficient (Wildman–Crippen LogP) is 3.42. The van der Waals surface area contributed by atoms with Crippen molar-refractivity contribution < 1.29 is 14.0 Å². The molecule has 0 saturated heterocycles. The molecule has 0 aliphatic heterocycles. The van der Waals surface area contributed by atoms with Crippen molar-refractivity contribution in [2.24, 2.45) is 0 Å². The van der Waals surface area contributed by atoms with Crippen molar-refractivity contribution in [2.45, 2.75) is 71.5 Å². The van der Waals surface area contributed by atoms with Crippen molar-refractivity contribution in [2.75, 3.05) is 4.90 Å². The highest BCUT2D eigenvalue weighted by Crippen LogP contribution is 2.25. The number of carbonyl (C=O) groups excluding carboxylic acids is 2. The van der Waals surface area contributed by atoms with Crippen LogP contribution < -0.4 is 10.2 Å². The van der Waals surface area contributed by atoms with Gasteiger partial charge in [-0.15, -0.1) is 10.2 Å². The lowest BCUT2D eigenvalue weighted by Crippen LogP contribution is -2.52. The molecule has 1 aliphatic rings. The lowest BCUT2D eigenvalue weighted by Gasteiger charge is -2.32. The van der Waals surface area contributed by atoms with Crippen LogP contribution in [0.3, 0.4) is 0 Å². The van der Waals surface area contributed by atoms with E-state index < -0.39 is 6.04 Å². The number of anilines is 1. The Bertz CT molecular complexity index is 1110. The second-order valence-corrected chi connectivity index (χ2v) is 8.52. The molecule has 9 nitrogen and oxygen atoms in total. The van der Waals surface area contributed by atoms with Crippen LogP contribution in [-0.2, 0) is 16.1 Å². The highest BCUT2D eigenvalue weighted by molar-refractivity contribution is 6.01. The number of amides is 2. The second kappa shape index (κ2) is 9.97. The maximum absolute atomic E-state index is 13.6. The zero-order valence-corrected chi connectivity index (χ0v) is 19.3. The Labute approximate surface area is 193 Å². The Morgan fingerprint density at radius 1 is 1.18 bits per heavy atom. The minimum Gasteiger partial charge on any atom is -0.458 e. The van der Waals surface area contributed by atoms with E-state index in [-0.39, 0.29) is 24.4 Å². The number of furan rings is 1. The fraction of sp³-hybridized carbons (Fsp3) is 0.458. The fourth-order valence-electron chi connectivity index (χ4n) is 4.32. The summed E-state index contributed by atoms with van der Waals surface area (Å²) in [6, 6.07) is 10.7. The summed E-state index contributed by atoms with van der Waals surface area (Å²) in [5.74, 6) is 1.13. The maximum atomic E-state index is 13.6. The lowest BCUT2D eigenvalue weighted by molar-refractivity contribution is -0.127. The molecule has 1 fully saturated rings. The summed E-state index contributed by atoms with van der Waals surface area (Å²) in [6.07, 6.45) is 4.70. The molecule has 0 bridgehead atoms. The average molecular weight is 451 g/mol. The van der Waals surface area contributed by atoms with Crippen LogP contribution in [0.25, 0.3) is 11.6 Å². The third-order valence-corrected chi connectivity index (χ3v) is 6.04. The van der Waals surface area contributed by atoms with E-state index >= 15 is 0 Å². The van der Waals surface area contributed by atoms with Crippen LogP contribution in [0.2, 0.25) is 0 Å². The third kappa shape index (κ3) is 5.13. The molecule has 3 aromatic rings. The molecule has 1 unspecified atom stereocenters. The molecule has 174 valence electrons. The van der Waals surface area contributed by atoms with Crippen LogP contribution in [0.4, 0.5) is 5.69 Å². The highest BCUT2D eigenvalue weighted by atomic mass is 16.3. The number of para-hydroxylation sites is 1. The summed E-state index contributed by atoms with van der Waals surface area (Å²) in [4.78, 5) is 29.6. The van der Waals surface area contributed by atoms with Crippen LogP contribution in [0.15, 0.2) is 40.8 Å². The first-order valence-corrected chi connectivity index (χ1v) is 11.5. The SMILES string of the molecule is CCC(C(=O)NC1CCCC1)N(C(=O)Cn1nnc(-c2ccc(C)o2)n1)c1ccccc1C. The molecule has 0 spiro atoms. The zero-order valence-electron chi connectivity index (χ0n) is 19.3. The van der Waals surface area contributed by atoms with E-state index in [1.165, 1.54) is 4.80 Å². The van der Waals surface area contributed by atoms with E-state index in [4.69, 9.17) is 4.42 Å². The maximum Gasteiger partial charge on any atom is 0.251 e. The van der Waals surface area contributed by atoms with Crippen LogP contribution in [0.5, 0.6) is 0 Å². The van der Waals surface area contributed by atoms with Gasteiger partial charge in [-0.25, -0.2) is 0 Å². The first-order valence-electron chi connectivity index (χ1n) is 11.5. The molecule has 33 heavy (non-hydrogen) atoms. The van der Waals surface area contributed by atoms with Gasteiger partial charge >= 0.3 is 0 Å². The van der Waals surface area contributed by atoms with Crippen LogP contribution in [-0.4, -0.2) is 44.1 Å². The Morgan fingerprint density at radius 3 is 2.61 bits per heavy atom. The van der Waals surface area contributed by atoms with Gasteiger partial charge in [-0.05, 0) is 62.1 Å². The van der Waals surface area contributed by atoms with Crippen molar-refractivity contribution in [3.8, 4) is 11.6 Å². The molecule has 2 aromatic heterocycles. The molecule has 1 saturated carbocycles. The number of hydrogen-bond acceptors (Lipinski definition) is 6. The Kier molecular flexibility index (Phi) is 6.86. The first kappa shape index (κ1) is 22.7. The number of nitrogens with zero attached hydrogens (tertiary/aromatic N) is 5. The fourth-order valence-corrected chi connectivity index (χ4v) is 4.32. The monoisotopic (exact) mass is 450 g/mol. The summed E-state index contributed by atoms with van der Waals surface area (Å²) < 4.78 is 5.54. The molecule has 2 heterocycles. The molecule has 1 aromatic carbocycles. The first-order chi connectivity index (χ1) is 16.0. The molecule has 2 amide bonds. The van der Waals surface area contributed by atoms with Crippen LogP contribution >= 0.6 is 0 Å². The summed E-state index contributed by atoms with van der Waals surface area (Å²) in [5, 5.41) is 15.5. The molecule has 1 atom stereocenters. The molecular formula is C24H30N6O3. The smallest absolute Gasteiger partial charge is 0.251 e. The summed E-state index contributed by atoms with van der Waals surface area (Å²) >= 11 is 0. The van der Waals surface area contributed by atoms with Crippen molar-refractivity contribution in [3.63, 3.8) is 0 Å². The number of tetrazole rings is 1. The number of carbonyl (C=O) groups is 2. The number of aryl methyl sites for hydroxylation is 2. The Morgan fingerprint density at radius 2 is 1.94 bits per heavy atom. The van der Waals surface area contributed by atoms with Crippen molar-refractivity contribution in [1.82, 2.24) is 25.5 Å². The predicted molar refractivity (Wildman–Crippen MR) is 123 cm³/mol. The normalized spacial score (nSPS) is 14.9. The van der Waals surface area contributed by atoms with Gasteiger partial charge < -0.3 is 9.73 Å². The summed E-state index contributed by atoms with van der Waals surface area (Å²) in [5.41, 5.74) is 1.62. The molecule has 1 aliphatic carbocycles. The van der Waals surface area contributed by atoms with E-state index in [9.17, 15) is 9.59 Å². The number of nitrogens with one attached hydrogen (secondary N) is 1. The summed E-state index contributed by atoms with van der Waals surface area (Å²) in [6.45, 7) is 5.54. The Balaban J connectivity index is 1.58. The Hall–Kier alpha value is -3.49. The standard InChI is InChI=1S/C24H30N6O3/c1-4-19(24(32)25-18-10-6-7-11-18)30(20-12-8-5-9-16(20)2)22(31)15-29-27-23(26-28-29)21-14-13-17(3)33-21/h5,8-9,12-14,18-19H,4,6-7,10-11,15H2,1-3H3,(H,25,32). The number of hydrogen-bond donors (Lipinski definition) is 1. The van der Waals surface area contributed by atoms with Gasteiger partial charge in [0.1, 0.15) is 18.3 Å². The van der Waals surface area contributed by atoms with Gasteiger partial charge in [0.05, 0.1) is 0 Å². The van der Waals surface area contributed by atoms with Crippen LogP contribution in [0.1, 0.15) is 50.4 Å². The quantitative estimate of drug-likeness (QED) is 0.564. The van der Waals surface area contributed by atoms with Gasteiger partial charge in [-0.1, -0.05) is 38.0 Å². The number of aromatic nitrogens is 4. The third-order valence-electron chi connectivity index (χ3n) is 6.04. The minimum absolute atomic E-state index is 0.126. The molecule has 4 rings (SSSR count). The lowest BCUT2D eigenvalue weighted by atomic mass is 10.1. The van der Waals surface area contributed by atoms with E-state index in [0.29, 0.717) is 23.7 Å². The molecular weight excluding hydrogens is 420 g/mol.